The zero-order valence-electron chi connectivity index (χ0n) is 11.9. The highest BCUT2D eigenvalue weighted by molar-refractivity contribution is 5.96. The van der Waals surface area contributed by atoms with Crippen molar-refractivity contribution in [3.8, 4) is 0 Å². The molecule has 108 valence electrons. The molecule has 1 aromatic rings. The highest BCUT2D eigenvalue weighted by atomic mass is 19.1. The number of halogens is 1. The van der Waals surface area contributed by atoms with Gasteiger partial charge in [-0.25, -0.2) is 4.39 Å². The van der Waals surface area contributed by atoms with Gasteiger partial charge in [-0.15, -0.1) is 0 Å². The molecule has 1 heterocycles. The Morgan fingerprint density at radius 1 is 1.20 bits per heavy atom. The largest absolute Gasteiger partial charge is 0.303 e. The minimum atomic E-state index is -0.396. The van der Waals surface area contributed by atoms with Gasteiger partial charge < -0.3 is 4.90 Å². The first kappa shape index (κ1) is 13.7. The number of likely N-dealkylation sites (tertiary alicyclic amines) is 1. The van der Waals surface area contributed by atoms with E-state index in [9.17, 15) is 9.18 Å². The van der Waals surface area contributed by atoms with Crippen molar-refractivity contribution in [1.29, 1.82) is 0 Å². The molecule has 0 N–H and O–H groups in total. The summed E-state index contributed by atoms with van der Waals surface area (Å²) in [4.78, 5) is 14.5. The minimum absolute atomic E-state index is 0.0718. The molecule has 1 saturated carbocycles. The molecule has 1 saturated heterocycles. The zero-order valence-corrected chi connectivity index (χ0v) is 11.9. The summed E-state index contributed by atoms with van der Waals surface area (Å²) in [6.07, 6.45) is 5.82. The molecule has 0 spiro atoms. The average molecular weight is 275 g/mol. The molecule has 2 nitrogen and oxygen atoms in total. The Hall–Kier alpha value is -1.22. The Bertz CT molecular complexity index is 488. The Morgan fingerprint density at radius 3 is 2.85 bits per heavy atom. The number of benzene rings is 1. The molecule has 1 aromatic carbocycles. The fourth-order valence-electron chi connectivity index (χ4n) is 3.71. The van der Waals surface area contributed by atoms with Gasteiger partial charge in [0.25, 0.3) is 0 Å². The predicted molar refractivity (Wildman–Crippen MR) is 77.2 cm³/mol. The molecule has 1 aliphatic heterocycles. The minimum Gasteiger partial charge on any atom is -0.303 e. The molecule has 2 bridgehead atoms. The lowest BCUT2D eigenvalue weighted by Gasteiger charge is -2.24. The number of nitrogens with zero attached hydrogens (tertiary/aromatic N) is 1. The fraction of sp³-hybridized carbons (Fsp3) is 0.588. The molecule has 0 aromatic heterocycles. The van der Waals surface area contributed by atoms with Crippen LogP contribution in [0.5, 0.6) is 0 Å². The van der Waals surface area contributed by atoms with Crippen LogP contribution in [0.1, 0.15) is 42.5 Å². The van der Waals surface area contributed by atoms with Crippen molar-refractivity contribution in [2.75, 3.05) is 19.6 Å². The van der Waals surface area contributed by atoms with Gasteiger partial charge in [-0.1, -0.05) is 18.6 Å². The summed E-state index contributed by atoms with van der Waals surface area (Å²) in [6, 6.07) is 6.29. The van der Waals surface area contributed by atoms with Crippen LogP contribution in [-0.4, -0.2) is 30.3 Å². The topological polar surface area (TPSA) is 20.3 Å². The van der Waals surface area contributed by atoms with Crippen LogP contribution in [-0.2, 0) is 0 Å². The van der Waals surface area contributed by atoms with Crippen molar-refractivity contribution in [3.05, 3.63) is 35.6 Å². The number of carbonyl (C=O) groups excluding carboxylic acids is 1. The number of hydrogen-bond acceptors (Lipinski definition) is 2. The van der Waals surface area contributed by atoms with Crippen LogP contribution in [0.25, 0.3) is 0 Å². The SMILES string of the molecule is O=C(CCN1CC[C@H]2CC[C@@H](C2)C1)c1ccccc1F. The van der Waals surface area contributed by atoms with E-state index < -0.39 is 5.82 Å². The lowest BCUT2D eigenvalue weighted by atomic mass is 10.0. The van der Waals surface area contributed by atoms with Gasteiger partial charge in [0.05, 0.1) is 5.56 Å². The summed E-state index contributed by atoms with van der Waals surface area (Å²) in [7, 11) is 0. The fourth-order valence-corrected chi connectivity index (χ4v) is 3.71. The quantitative estimate of drug-likeness (QED) is 0.784. The second-order valence-corrected chi connectivity index (χ2v) is 6.29. The summed E-state index contributed by atoms with van der Waals surface area (Å²) in [6.45, 7) is 3.00. The first-order chi connectivity index (χ1) is 9.72. The molecule has 0 amide bonds. The van der Waals surface area contributed by atoms with Gasteiger partial charge in [0.2, 0.25) is 0 Å². The molecule has 2 aliphatic rings. The number of Topliss-reactive ketones (excluding diaryl/α,β-unsaturated/α-hetero) is 1. The van der Waals surface area contributed by atoms with Gasteiger partial charge in [0, 0.05) is 19.5 Å². The van der Waals surface area contributed by atoms with E-state index in [1.54, 1.807) is 18.2 Å². The van der Waals surface area contributed by atoms with Crippen molar-refractivity contribution >= 4 is 5.78 Å². The summed E-state index contributed by atoms with van der Waals surface area (Å²) in [5.74, 6) is 1.27. The first-order valence-electron chi connectivity index (χ1n) is 7.72. The number of rotatable bonds is 4. The van der Waals surface area contributed by atoms with Crippen molar-refractivity contribution < 1.29 is 9.18 Å². The third kappa shape index (κ3) is 3.09. The Labute approximate surface area is 120 Å². The smallest absolute Gasteiger partial charge is 0.167 e. The predicted octanol–water partition coefficient (Wildman–Crippen LogP) is 3.52. The van der Waals surface area contributed by atoms with Crippen molar-refractivity contribution in [3.63, 3.8) is 0 Å². The summed E-state index contributed by atoms with van der Waals surface area (Å²) in [5.41, 5.74) is 0.240. The lowest BCUT2D eigenvalue weighted by Crippen LogP contribution is -2.31. The maximum Gasteiger partial charge on any atom is 0.167 e. The standard InChI is InChI=1S/C17H22FNO/c18-16-4-2-1-3-15(16)17(20)8-10-19-9-7-13-5-6-14(11-13)12-19/h1-4,13-14H,5-12H2/t13-,14+/m1/s1. The maximum atomic E-state index is 13.6. The molecular weight excluding hydrogens is 253 g/mol. The van der Waals surface area contributed by atoms with E-state index >= 15 is 0 Å². The van der Waals surface area contributed by atoms with Crippen LogP contribution >= 0.6 is 0 Å². The van der Waals surface area contributed by atoms with Gasteiger partial charge in [-0.3, -0.25) is 4.79 Å². The van der Waals surface area contributed by atoms with E-state index in [0.717, 1.165) is 31.5 Å². The zero-order chi connectivity index (χ0) is 13.9. The first-order valence-corrected chi connectivity index (χ1v) is 7.72. The van der Waals surface area contributed by atoms with Crippen LogP contribution in [0.2, 0.25) is 0 Å². The van der Waals surface area contributed by atoms with E-state index in [-0.39, 0.29) is 11.3 Å². The van der Waals surface area contributed by atoms with Crippen molar-refractivity contribution in [1.82, 2.24) is 4.90 Å². The van der Waals surface area contributed by atoms with E-state index in [4.69, 9.17) is 0 Å². The van der Waals surface area contributed by atoms with Crippen molar-refractivity contribution in [2.24, 2.45) is 11.8 Å². The average Bonchev–Trinajstić information content (AvgIpc) is 2.78. The van der Waals surface area contributed by atoms with Gasteiger partial charge in [-0.2, -0.15) is 0 Å². The van der Waals surface area contributed by atoms with Crippen LogP contribution < -0.4 is 0 Å². The molecule has 20 heavy (non-hydrogen) atoms. The Morgan fingerprint density at radius 2 is 2.00 bits per heavy atom. The Balaban J connectivity index is 1.54. The van der Waals surface area contributed by atoms with E-state index in [1.165, 1.54) is 31.7 Å². The van der Waals surface area contributed by atoms with Gasteiger partial charge in [0.1, 0.15) is 5.82 Å². The highest BCUT2D eigenvalue weighted by Crippen LogP contribution is 2.36. The molecule has 0 unspecified atom stereocenters. The van der Waals surface area contributed by atoms with Gasteiger partial charge in [0.15, 0.2) is 5.78 Å². The van der Waals surface area contributed by atoms with Crippen LogP contribution in [0.4, 0.5) is 4.39 Å². The van der Waals surface area contributed by atoms with Crippen LogP contribution in [0.3, 0.4) is 0 Å². The molecule has 3 heteroatoms. The van der Waals surface area contributed by atoms with E-state index in [1.807, 2.05) is 0 Å². The molecule has 2 atom stereocenters. The number of carbonyl (C=O) groups is 1. The molecular formula is C17H22FNO. The molecule has 2 fully saturated rings. The van der Waals surface area contributed by atoms with Gasteiger partial charge in [-0.05, 0) is 49.8 Å². The Kier molecular flexibility index (Phi) is 4.16. The van der Waals surface area contributed by atoms with Crippen LogP contribution in [0.15, 0.2) is 24.3 Å². The number of fused-ring (bicyclic) bond motifs is 2. The maximum absolute atomic E-state index is 13.6. The third-order valence-electron chi connectivity index (χ3n) is 4.85. The lowest BCUT2D eigenvalue weighted by molar-refractivity contribution is 0.0956. The normalized spacial score (nSPS) is 26.4. The van der Waals surface area contributed by atoms with Gasteiger partial charge >= 0.3 is 0 Å². The number of hydrogen-bond donors (Lipinski definition) is 0. The summed E-state index contributed by atoms with van der Waals surface area (Å²) < 4.78 is 13.6. The monoisotopic (exact) mass is 275 g/mol. The number of ketones is 1. The van der Waals surface area contributed by atoms with E-state index in [0.29, 0.717) is 6.42 Å². The van der Waals surface area contributed by atoms with Crippen molar-refractivity contribution in [2.45, 2.75) is 32.1 Å². The third-order valence-corrected chi connectivity index (χ3v) is 4.85. The second-order valence-electron chi connectivity index (χ2n) is 6.29. The highest BCUT2D eigenvalue weighted by Gasteiger charge is 2.29. The molecule has 3 rings (SSSR count). The second kappa shape index (κ2) is 6.04. The molecule has 0 radical (unpaired) electrons. The molecule has 1 aliphatic carbocycles. The summed E-state index contributed by atoms with van der Waals surface area (Å²) >= 11 is 0. The summed E-state index contributed by atoms with van der Waals surface area (Å²) in [5, 5.41) is 0. The van der Waals surface area contributed by atoms with E-state index in [2.05, 4.69) is 4.90 Å². The van der Waals surface area contributed by atoms with Crippen LogP contribution in [0, 0.1) is 17.7 Å².